The Bertz CT molecular complexity index is 549. The average molecular weight is 276 g/mol. The van der Waals surface area contributed by atoms with Crippen LogP contribution < -0.4 is 5.32 Å². The standard InChI is InChI=1S/C14H16N2O2S/c1-3-10-5-7-11(8-6-10)16-13-12(15-9-19-13)14(17)18-4-2/h5-9,16H,3-4H2,1-2H3. The molecule has 2 rings (SSSR count). The smallest absolute Gasteiger partial charge is 0.360 e. The lowest BCUT2D eigenvalue weighted by Crippen LogP contribution is -2.07. The van der Waals surface area contributed by atoms with E-state index in [1.165, 1.54) is 16.9 Å². The molecule has 0 spiro atoms. The van der Waals surface area contributed by atoms with Crippen LogP contribution in [0.1, 0.15) is 29.9 Å². The van der Waals surface area contributed by atoms with Gasteiger partial charge in [0.15, 0.2) is 5.69 Å². The summed E-state index contributed by atoms with van der Waals surface area (Å²) in [7, 11) is 0. The van der Waals surface area contributed by atoms with Crippen molar-refractivity contribution in [1.82, 2.24) is 4.98 Å². The van der Waals surface area contributed by atoms with Gasteiger partial charge in [0.05, 0.1) is 12.1 Å². The molecule has 0 bridgehead atoms. The van der Waals surface area contributed by atoms with Crippen molar-refractivity contribution in [1.29, 1.82) is 0 Å². The van der Waals surface area contributed by atoms with Gasteiger partial charge in [-0.25, -0.2) is 9.78 Å². The van der Waals surface area contributed by atoms with Crippen LogP contribution in [0.3, 0.4) is 0 Å². The number of benzene rings is 1. The van der Waals surface area contributed by atoms with Crippen LogP contribution in [0.4, 0.5) is 10.7 Å². The summed E-state index contributed by atoms with van der Waals surface area (Å²) < 4.78 is 4.97. The van der Waals surface area contributed by atoms with E-state index in [-0.39, 0.29) is 0 Å². The Kier molecular flexibility index (Phi) is 4.52. The molecule has 0 aliphatic heterocycles. The van der Waals surface area contributed by atoms with E-state index in [0.717, 1.165) is 12.1 Å². The van der Waals surface area contributed by atoms with Crippen molar-refractivity contribution in [3.8, 4) is 0 Å². The third-order valence-corrected chi connectivity index (χ3v) is 3.40. The number of anilines is 2. The summed E-state index contributed by atoms with van der Waals surface area (Å²) in [6, 6.07) is 8.11. The molecule has 2 aromatic rings. The highest BCUT2D eigenvalue weighted by Gasteiger charge is 2.15. The van der Waals surface area contributed by atoms with Gasteiger partial charge in [-0.3, -0.25) is 0 Å². The van der Waals surface area contributed by atoms with Crippen LogP contribution in [0.2, 0.25) is 0 Å². The summed E-state index contributed by atoms with van der Waals surface area (Å²) in [6.07, 6.45) is 1.01. The molecule has 1 heterocycles. The average Bonchev–Trinajstić information content (AvgIpc) is 2.88. The van der Waals surface area contributed by atoms with E-state index in [2.05, 4.69) is 29.4 Å². The number of ether oxygens (including phenoxy) is 1. The molecule has 0 atom stereocenters. The predicted molar refractivity (Wildman–Crippen MR) is 77.2 cm³/mol. The van der Waals surface area contributed by atoms with Crippen LogP contribution in [0.25, 0.3) is 0 Å². The van der Waals surface area contributed by atoms with Crippen LogP contribution >= 0.6 is 11.3 Å². The molecule has 1 N–H and O–H groups in total. The molecule has 0 fully saturated rings. The third kappa shape index (κ3) is 3.32. The molecule has 0 aliphatic rings. The van der Waals surface area contributed by atoms with Crippen molar-refractivity contribution >= 4 is 28.0 Å². The van der Waals surface area contributed by atoms with Crippen LogP contribution in [0.5, 0.6) is 0 Å². The maximum absolute atomic E-state index is 11.7. The highest BCUT2D eigenvalue weighted by molar-refractivity contribution is 7.14. The Balaban J connectivity index is 2.14. The Morgan fingerprint density at radius 2 is 2.05 bits per heavy atom. The highest BCUT2D eigenvalue weighted by Crippen LogP contribution is 2.25. The van der Waals surface area contributed by atoms with Gasteiger partial charge in [-0.15, -0.1) is 11.3 Å². The lowest BCUT2D eigenvalue weighted by atomic mass is 10.1. The molecule has 4 nitrogen and oxygen atoms in total. The highest BCUT2D eigenvalue weighted by atomic mass is 32.1. The van der Waals surface area contributed by atoms with Gasteiger partial charge in [0.25, 0.3) is 0 Å². The molecule has 100 valence electrons. The first-order valence-corrected chi connectivity index (χ1v) is 7.09. The molecule has 19 heavy (non-hydrogen) atoms. The number of aryl methyl sites for hydroxylation is 1. The minimum absolute atomic E-state index is 0.339. The van der Waals surface area contributed by atoms with E-state index in [9.17, 15) is 4.79 Å². The number of rotatable bonds is 5. The van der Waals surface area contributed by atoms with E-state index in [1.807, 2.05) is 12.1 Å². The normalized spacial score (nSPS) is 10.2. The monoisotopic (exact) mass is 276 g/mol. The van der Waals surface area contributed by atoms with Gasteiger partial charge in [0, 0.05) is 5.69 Å². The zero-order valence-electron chi connectivity index (χ0n) is 11.0. The Morgan fingerprint density at radius 3 is 2.68 bits per heavy atom. The largest absolute Gasteiger partial charge is 0.461 e. The molecule has 5 heteroatoms. The minimum Gasteiger partial charge on any atom is -0.461 e. The number of carbonyl (C=O) groups is 1. The van der Waals surface area contributed by atoms with E-state index in [1.54, 1.807) is 12.4 Å². The van der Waals surface area contributed by atoms with E-state index < -0.39 is 5.97 Å². The molecular weight excluding hydrogens is 260 g/mol. The SMILES string of the molecule is CCOC(=O)c1ncsc1Nc1ccc(CC)cc1. The van der Waals surface area contributed by atoms with E-state index in [4.69, 9.17) is 4.74 Å². The van der Waals surface area contributed by atoms with Gasteiger partial charge in [0.1, 0.15) is 5.00 Å². The molecule has 1 aromatic heterocycles. The first-order chi connectivity index (χ1) is 9.24. The molecule has 0 saturated heterocycles. The molecule has 0 unspecified atom stereocenters. The topological polar surface area (TPSA) is 51.2 Å². The maximum atomic E-state index is 11.7. The van der Waals surface area contributed by atoms with Gasteiger partial charge in [-0.05, 0) is 31.0 Å². The van der Waals surface area contributed by atoms with E-state index in [0.29, 0.717) is 17.3 Å². The lowest BCUT2D eigenvalue weighted by molar-refractivity contribution is 0.0521. The summed E-state index contributed by atoms with van der Waals surface area (Å²) in [5, 5.41) is 3.91. The molecule has 0 radical (unpaired) electrons. The minimum atomic E-state index is -0.392. The fourth-order valence-electron chi connectivity index (χ4n) is 1.63. The predicted octanol–water partition coefficient (Wildman–Crippen LogP) is 3.63. The summed E-state index contributed by atoms with van der Waals surface area (Å²) in [5.74, 6) is -0.392. The first kappa shape index (κ1) is 13.5. The van der Waals surface area contributed by atoms with Crippen LogP contribution in [0.15, 0.2) is 29.8 Å². The first-order valence-electron chi connectivity index (χ1n) is 6.21. The number of nitrogens with zero attached hydrogens (tertiary/aromatic N) is 1. The zero-order valence-corrected chi connectivity index (χ0v) is 11.8. The van der Waals surface area contributed by atoms with Crippen molar-refractivity contribution in [2.45, 2.75) is 20.3 Å². The second-order valence-corrected chi connectivity index (χ2v) is 4.78. The van der Waals surface area contributed by atoms with Crippen LogP contribution in [-0.2, 0) is 11.2 Å². The third-order valence-electron chi connectivity index (χ3n) is 2.66. The molecular formula is C14H16N2O2S. The second kappa shape index (κ2) is 6.33. The maximum Gasteiger partial charge on any atom is 0.360 e. The van der Waals surface area contributed by atoms with Gasteiger partial charge in [0.2, 0.25) is 0 Å². The van der Waals surface area contributed by atoms with Gasteiger partial charge in [-0.1, -0.05) is 19.1 Å². The Hall–Kier alpha value is -1.88. The Labute approximate surface area is 116 Å². The number of aromatic nitrogens is 1. The summed E-state index contributed by atoms with van der Waals surface area (Å²) in [5.41, 5.74) is 4.19. The quantitative estimate of drug-likeness (QED) is 0.847. The fourth-order valence-corrected chi connectivity index (χ4v) is 2.32. The molecule has 1 aromatic carbocycles. The Morgan fingerprint density at radius 1 is 1.32 bits per heavy atom. The van der Waals surface area contributed by atoms with Gasteiger partial charge >= 0.3 is 5.97 Å². The van der Waals surface area contributed by atoms with Crippen molar-refractivity contribution in [3.05, 3.63) is 41.0 Å². The van der Waals surface area contributed by atoms with Crippen LogP contribution in [0, 0.1) is 0 Å². The van der Waals surface area contributed by atoms with Crippen molar-refractivity contribution in [2.24, 2.45) is 0 Å². The van der Waals surface area contributed by atoms with Crippen molar-refractivity contribution < 1.29 is 9.53 Å². The number of thiazole rings is 1. The summed E-state index contributed by atoms with van der Waals surface area (Å²) in [4.78, 5) is 15.7. The van der Waals surface area contributed by atoms with Crippen molar-refractivity contribution in [2.75, 3.05) is 11.9 Å². The van der Waals surface area contributed by atoms with Gasteiger partial charge in [-0.2, -0.15) is 0 Å². The molecule has 0 saturated carbocycles. The van der Waals surface area contributed by atoms with Crippen molar-refractivity contribution in [3.63, 3.8) is 0 Å². The number of nitrogens with one attached hydrogen (secondary N) is 1. The summed E-state index contributed by atoms with van der Waals surface area (Å²) >= 11 is 1.39. The molecule has 0 aliphatic carbocycles. The number of hydrogen-bond donors (Lipinski definition) is 1. The summed E-state index contributed by atoms with van der Waals surface area (Å²) in [6.45, 7) is 4.24. The van der Waals surface area contributed by atoms with Crippen LogP contribution in [-0.4, -0.2) is 17.6 Å². The number of hydrogen-bond acceptors (Lipinski definition) is 5. The zero-order chi connectivity index (χ0) is 13.7. The number of esters is 1. The van der Waals surface area contributed by atoms with E-state index >= 15 is 0 Å². The second-order valence-electron chi connectivity index (χ2n) is 3.93. The lowest BCUT2D eigenvalue weighted by Gasteiger charge is -2.06. The molecule has 0 amide bonds. The van der Waals surface area contributed by atoms with Gasteiger partial charge < -0.3 is 10.1 Å². The fraction of sp³-hybridized carbons (Fsp3) is 0.286. The number of carbonyl (C=O) groups excluding carboxylic acids is 1.